The summed E-state index contributed by atoms with van der Waals surface area (Å²) in [4.78, 5) is 5.49. The minimum atomic E-state index is 0.472. The fourth-order valence-corrected chi connectivity index (χ4v) is 15.7. The highest BCUT2D eigenvalue weighted by Gasteiger charge is 2.21. The molecule has 0 nitrogen and oxygen atoms in total. The van der Waals surface area contributed by atoms with Crippen molar-refractivity contribution in [1.82, 2.24) is 0 Å². The molecule has 4 aromatic carbocycles. The van der Waals surface area contributed by atoms with E-state index >= 15 is 0 Å². The van der Waals surface area contributed by atoms with Crippen LogP contribution in [-0.2, 0) is 0 Å². The molecule has 0 saturated heterocycles. The van der Waals surface area contributed by atoms with E-state index in [9.17, 15) is 0 Å². The van der Waals surface area contributed by atoms with Gasteiger partial charge >= 0.3 is 0 Å². The minimum absolute atomic E-state index is 0.472. The molecule has 0 bridgehead atoms. The standard InChI is InChI=1S/C46H34S6/c1-25(2)27-13-5-7-15-29(27)31-17-9-11-19-33(31)35-21-39-43(49-35)45-41(47-39)23-37(51-45)38-24-42-46(52-38)44-40(48-42)22-36(50-44)34-20-12-10-18-32(34)30-16-8-6-14-28(30)26(3)4/h5-26H,1-4H3. The maximum atomic E-state index is 2.44. The molecule has 0 aliphatic rings. The molecule has 0 amide bonds. The maximum Gasteiger partial charge on any atom is 0.0636 e. The van der Waals surface area contributed by atoms with E-state index in [0.717, 1.165) is 0 Å². The Kier molecular flexibility index (Phi) is 8.13. The average molecular weight is 779 g/mol. The van der Waals surface area contributed by atoms with Gasteiger partial charge in [-0.2, -0.15) is 0 Å². The Morgan fingerprint density at radius 3 is 0.962 bits per heavy atom. The summed E-state index contributed by atoms with van der Waals surface area (Å²) in [6.07, 6.45) is 0. The lowest BCUT2D eigenvalue weighted by Crippen LogP contribution is -1.93. The van der Waals surface area contributed by atoms with Gasteiger partial charge in [0.1, 0.15) is 0 Å². The SMILES string of the molecule is CC(C)c1ccccc1-c1ccccc1-c1cc2sc3cc(-c4cc5sc6cc(-c7ccccc7-c7ccccc7C(C)C)sc6c5s4)sc3c2s1. The molecule has 0 saturated carbocycles. The summed E-state index contributed by atoms with van der Waals surface area (Å²) in [6, 6.07) is 45.5. The first-order valence-corrected chi connectivity index (χ1v) is 22.6. The smallest absolute Gasteiger partial charge is 0.0636 e. The number of thiophene rings is 6. The van der Waals surface area contributed by atoms with Crippen LogP contribution < -0.4 is 0 Å². The van der Waals surface area contributed by atoms with Crippen LogP contribution in [0.1, 0.15) is 50.7 Å². The van der Waals surface area contributed by atoms with Crippen LogP contribution in [0.5, 0.6) is 0 Å². The van der Waals surface area contributed by atoms with Gasteiger partial charge in [0.25, 0.3) is 0 Å². The normalized spacial score (nSPS) is 12.2. The maximum absolute atomic E-state index is 2.44. The van der Waals surface area contributed by atoms with Crippen molar-refractivity contribution in [1.29, 1.82) is 0 Å². The van der Waals surface area contributed by atoms with Crippen molar-refractivity contribution in [3.63, 3.8) is 0 Å². The van der Waals surface area contributed by atoms with E-state index < -0.39 is 0 Å². The molecule has 10 rings (SSSR count). The predicted octanol–water partition coefficient (Wildman–Crippen LogP) is 17.3. The predicted molar refractivity (Wildman–Crippen MR) is 239 cm³/mol. The zero-order chi connectivity index (χ0) is 35.1. The summed E-state index contributed by atoms with van der Waals surface area (Å²) in [5.41, 5.74) is 10.8. The molecular weight excluding hydrogens is 745 g/mol. The highest BCUT2D eigenvalue weighted by molar-refractivity contribution is 7.42. The zero-order valence-electron chi connectivity index (χ0n) is 29.2. The second kappa shape index (κ2) is 12.9. The third-order valence-corrected chi connectivity index (χ3v) is 17.8. The summed E-state index contributed by atoms with van der Waals surface area (Å²) in [7, 11) is 0. The van der Waals surface area contributed by atoms with E-state index in [1.807, 2.05) is 68.0 Å². The molecular formula is C46H34S6. The minimum Gasteiger partial charge on any atom is -0.133 e. The van der Waals surface area contributed by atoms with Gasteiger partial charge < -0.3 is 0 Å². The van der Waals surface area contributed by atoms with Gasteiger partial charge in [0.05, 0.1) is 18.8 Å². The van der Waals surface area contributed by atoms with Crippen molar-refractivity contribution in [3.05, 3.63) is 132 Å². The first kappa shape index (κ1) is 32.7. The molecule has 0 aliphatic heterocycles. The van der Waals surface area contributed by atoms with Gasteiger partial charge in [-0.05, 0) is 80.6 Å². The highest BCUT2D eigenvalue weighted by Crippen LogP contribution is 2.53. The van der Waals surface area contributed by atoms with Crippen molar-refractivity contribution in [2.24, 2.45) is 0 Å². The molecule has 0 radical (unpaired) electrons. The molecule has 0 aliphatic carbocycles. The van der Waals surface area contributed by atoms with Crippen LogP contribution in [-0.4, -0.2) is 0 Å². The second-order valence-corrected chi connectivity index (χ2v) is 20.4. The molecule has 0 atom stereocenters. The average Bonchev–Trinajstić information content (AvgIpc) is 4.00. The lowest BCUT2D eigenvalue weighted by Gasteiger charge is -2.15. The Morgan fingerprint density at radius 1 is 0.308 bits per heavy atom. The van der Waals surface area contributed by atoms with Crippen molar-refractivity contribution in [3.8, 4) is 52.9 Å². The van der Waals surface area contributed by atoms with Gasteiger partial charge in [0.2, 0.25) is 0 Å². The zero-order valence-corrected chi connectivity index (χ0v) is 34.1. The largest absolute Gasteiger partial charge is 0.133 e. The van der Waals surface area contributed by atoms with Gasteiger partial charge in [-0.1, -0.05) is 125 Å². The summed E-state index contributed by atoms with van der Waals surface area (Å²) >= 11 is 11.7. The van der Waals surface area contributed by atoms with E-state index in [2.05, 4.69) is 149 Å². The number of rotatable bonds is 7. The van der Waals surface area contributed by atoms with Gasteiger partial charge in [-0.3, -0.25) is 0 Å². The van der Waals surface area contributed by atoms with Crippen molar-refractivity contribution in [2.45, 2.75) is 39.5 Å². The Bertz CT molecular complexity index is 2730. The third-order valence-electron chi connectivity index (χ3n) is 10.0. The van der Waals surface area contributed by atoms with Crippen molar-refractivity contribution < 1.29 is 0 Å². The summed E-state index contributed by atoms with van der Waals surface area (Å²) in [6.45, 7) is 9.16. The second-order valence-electron chi connectivity index (χ2n) is 14.0. The van der Waals surface area contributed by atoms with E-state index in [4.69, 9.17) is 0 Å². The number of hydrogen-bond donors (Lipinski definition) is 0. The lowest BCUT2D eigenvalue weighted by atomic mass is 9.90. The molecule has 6 aromatic heterocycles. The van der Waals surface area contributed by atoms with Gasteiger partial charge in [0.15, 0.2) is 0 Å². The van der Waals surface area contributed by atoms with E-state index in [-0.39, 0.29) is 0 Å². The summed E-state index contributed by atoms with van der Waals surface area (Å²) in [5.74, 6) is 0.945. The van der Waals surface area contributed by atoms with E-state index in [1.54, 1.807) is 0 Å². The summed E-state index contributed by atoms with van der Waals surface area (Å²) in [5, 5.41) is 0. The van der Waals surface area contributed by atoms with Crippen molar-refractivity contribution in [2.75, 3.05) is 0 Å². The molecule has 52 heavy (non-hydrogen) atoms. The Labute approximate surface area is 327 Å². The Balaban J connectivity index is 1.01. The third kappa shape index (κ3) is 5.38. The molecule has 0 unspecified atom stereocenters. The fraction of sp³-hybridized carbons (Fsp3) is 0.130. The van der Waals surface area contributed by atoms with E-state index in [0.29, 0.717) is 11.8 Å². The molecule has 10 aromatic rings. The van der Waals surface area contributed by atoms with Crippen molar-refractivity contribution >= 4 is 106 Å². The Hall–Kier alpha value is -3.88. The van der Waals surface area contributed by atoms with Crippen LogP contribution in [0.2, 0.25) is 0 Å². The molecule has 0 spiro atoms. The van der Waals surface area contributed by atoms with E-state index in [1.165, 1.54) is 102 Å². The van der Waals surface area contributed by atoms with Gasteiger partial charge in [-0.25, -0.2) is 0 Å². The van der Waals surface area contributed by atoms with Crippen LogP contribution in [0, 0.1) is 0 Å². The molecule has 254 valence electrons. The molecule has 0 N–H and O–H groups in total. The highest BCUT2D eigenvalue weighted by atomic mass is 32.1. The fourth-order valence-electron chi connectivity index (χ4n) is 7.54. The Morgan fingerprint density at radius 2 is 0.596 bits per heavy atom. The molecule has 6 heterocycles. The number of benzene rings is 4. The van der Waals surface area contributed by atoms with Gasteiger partial charge in [0, 0.05) is 38.3 Å². The summed E-state index contributed by atoms with van der Waals surface area (Å²) < 4.78 is 11.3. The van der Waals surface area contributed by atoms with Crippen LogP contribution in [0.4, 0.5) is 0 Å². The van der Waals surface area contributed by atoms with Crippen LogP contribution in [0.3, 0.4) is 0 Å². The topological polar surface area (TPSA) is 0 Å². The monoisotopic (exact) mass is 778 g/mol. The van der Waals surface area contributed by atoms with Gasteiger partial charge in [-0.15, -0.1) is 68.0 Å². The van der Waals surface area contributed by atoms with Crippen LogP contribution >= 0.6 is 68.0 Å². The van der Waals surface area contributed by atoms with Crippen LogP contribution in [0.15, 0.2) is 121 Å². The quantitative estimate of drug-likeness (QED) is 0.151. The molecule has 0 fully saturated rings. The molecule has 6 heteroatoms. The first-order valence-electron chi connectivity index (χ1n) is 17.7. The lowest BCUT2D eigenvalue weighted by molar-refractivity contribution is 0.869. The van der Waals surface area contributed by atoms with Crippen LogP contribution in [0.25, 0.3) is 90.5 Å². The number of fused-ring (bicyclic) bond motifs is 6. The first-order chi connectivity index (χ1) is 25.4. The number of hydrogen-bond acceptors (Lipinski definition) is 6.